The number of halogens is 1. The van der Waals surface area contributed by atoms with Gasteiger partial charge in [0.15, 0.2) is 0 Å². The molecule has 1 aliphatic rings. The summed E-state index contributed by atoms with van der Waals surface area (Å²) in [6.45, 7) is 0.978. The van der Waals surface area contributed by atoms with Crippen molar-refractivity contribution in [2.45, 2.75) is 19.3 Å². The van der Waals surface area contributed by atoms with Crippen LogP contribution in [-0.4, -0.2) is 44.4 Å². The number of hydrogen-bond donors (Lipinski definition) is 2. The first kappa shape index (κ1) is 25.5. The lowest BCUT2D eigenvalue weighted by Crippen LogP contribution is -2.26. The lowest BCUT2D eigenvalue weighted by molar-refractivity contribution is -0.118. The van der Waals surface area contributed by atoms with Crippen molar-refractivity contribution >= 4 is 51.7 Å². The Morgan fingerprint density at radius 2 is 1.67 bits per heavy atom. The minimum Gasteiger partial charge on any atom is -0.354 e. The fraction of sp³-hybridized carbons (Fsp3) is 0.241. The van der Waals surface area contributed by atoms with E-state index in [9.17, 15) is 9.59 Å². The van der Waals surface area contributed by atoms with Gasteiger partial charge in [0.05, 0.1) is 17.0 Å². The van der Waals surface area contributed by atoms with Gasteiger partial charge in [0.25, 0.3) is 5.91 Å². The van der Waals surface area contributed by atoms with Crippen molar-refractivity contribution in [3.05, 3.63) is 88.9 Å². The smallest absolute Gasteiger partial charge is 0.258 e. The Morgan fingerprint density at radius 1 is 0.944 bits per heavy atom. The molecule has 36 heavy (non-hydrogen) atoms. The average Bonchev–Trinajstić information content (AvgIpc) is 3.19. The van der Waals surface area contributed by atoms with E-state index in [1.54, 1.807) is 24.1 Å². The Balaban J connectivity index is 1.56. The van der Waals surface area contributed by atoms with Crippen molar-refractivity contribution in [1.29, 1.82) is 0 Å². The predicted octanol–water partition coefficient (Wildman–Crippen LogP) is 5.97. The van der Waals surface area contributed by atoms with Crippen LogP contribution in [0.5, 0.6) is 0 Å². The highest BCUT2D eigenvalue weighted by molar-refractivity contribution is 6.38. The van der Waals surface area contributed by atoms with E-state index in [2.05, 4.69) is 15.5 Å². The molecule has 0 aliphatic carbocycles. The second kappa shape index (κ2) is 11.4. The van der Waals surface area contributed by atoms with E-state index in [0.29, 0.717) is 28.4 Å². The highest BCUT2D eigenvalue weighted by Gasteiger charge is 2.28. The number of unbranched alkanes of at least 4 members (excludes halogenated alkanes) is 1. The monoisotopic (exact) mass is 502 g/mol. The summed E-state index contributed by atoms with van der Waals surface area (Å²) in [6, 6.07) is 22.8. The predicted molar refractivity (Wildman–Crippen MR) is 149 cm³/mol. The third kappa shape index (κ3) is 5.96. The molecule has 6 nitrogen and oxygen atoms in total. The molecule has 0 spiro atoms. The maximum Gasteiger partial charge on any atom is 0.258 e. The van der Waals surface area contributed by atoms with Crippen LogP contribution in [0.1, 0.15) is 30.4 Å². The summed E-state index contributed by atoms with van der Waals surface area (Å²) >= 11 is 6.14. The van der Waals surface area contributed by atoms with Crippen LogP contribution in [0, 0.1) is 0 Å². The Bertz CT molecular complexity index is 1270. The summed E-state index contributed by atoms with van der Waals surface area (Å²) in [4.78, 5) is 29.5. The van der Waals surface area contributed by atoms with E-state index in [1.165, 1.54) is 0 Å². The Morgan fingerprint density at radius 3 is 2.36 bits per heavy atom. The number of carbonyl (C=O) groups excluding carboxylic acids is 2. The molecule has 0 unspecified atom stereocenters. The van der Waals surface area contributed by atoms with Gasteiger partial charge in [0, 0.05) is 35.4 Å². The first-order valence-electron chi connectivity index (χ1n) is 12.0. The Kier molecular flexibility index (Phi) is 8.08. The van der Waals surface area contributed by atoms with Crippen LogP contribution in [0.25, 0.3) is 11.3 Å². The van der Waals surface area contributed by atoms with Gasteiger partial charge < -0.3 is 20.4 Å². The number of carbonyl (C=O) groups is 2. The second-order valence-electron chi connectivity index (χ2n) is 9.15. The van der Waals surface area contributed by atoms with E-state index in [0.717, 1.165) is 41.9 Å². The summed E-state index contributed by atoms with van der Waals surface area (Å²) in [5, 5.41) is 6.93. The number of amides is 2. The summed E-state index contributed by atoms with van der Waals surface area (Å²) < 4.78 is 0. The van der Waals surface area contributed by atoms with Crippen molar-refractivity contribution in [1.82, 2.24) is 4.90 Å². The van der Waals surface area contributed by atoms with Gasteiger partial charge in [0.1, 0.15) is 0 Å². The largest absolute Gasteiger partial charge is 0.354 e. The first-order chi connectivity index (χ1) is 17.3. The zero-order valence-corrected chi connectivity index (χ0v) is 21.6. The van der Waals surface area contributed by atoms with Gasteiger partial charge in [-0.1, -0.05) is 48.0 Å². The van der Waals surface area contributed by atoms with Crippen LogP contribution in [0.3, 0.4) is 0 Å². The zero-order valence-electron chi connectivity index (χ0n) is 20.8. The van der Waals surface area contributed by atoms with Gasteiger partial charge in [-0.05, 0) is 75.4 Å². The molecule has 2 amide bonds. The van der Waals surface area contributed by atoms with Gasteiger partial charge in [-0.25, -0.2) is 0 Å². The molecule has 186 valence electrons. The SMILES string of the molecule is CN(C)CCCCC(=O)N(C)c1ccc(N/C(=C2\C(=O)Nc3cc(Cl)ccc32)c2ccccc2)cc1. The maximum atomic E-state index is 13.0. The molecule has 0 bridgehead atoms. The molecule has 1 heterocycles. The van der Waals surface area contributed by atoms with E-state index in [1.807, 2.05) is 74.8 Å². The average molecular weight is 503 g/mol. The molecular formula is C29H31ClN4O2. The van der Waals surface area contributed by atoms with Gasteiger partial charge >= 0.3 is 0 Å². The van der Waals surface area contributed by atoms with Gasteiger partial charge in [-0.2, -0.15) is 0 Å². The van der Waals surface area contributed by atoms with Crippen LogP contribution in [0.15, 0.2) is 72.8 Å². The van der Waals surface area contributed by atoms with Crippen molar-refractivity contribution in [3.8, 4) is 0 Å². The first-order valence-corrected chi connectivity index (χ1v) is 12.4. The molecule has 0 aromatic heterocycles. The zero-order chi connectivity index (χ0) is 25.7. The number of hydrogen-bond acceptors (Lipinski definition) is 4. The van der Waals surface area contributed by atoms with Gasteiger partial charge in [-0.15, -0.1) is 0 Å². The summed E-state index contributed by atoms with van der Waals surface area (Å²) in [7, 11) is 5.88. The molecule has 0 saturated heterocycles. The number of rotatable bonds is 9. The summed E-state index contributed by atoms with van der Waals surface area (Å²) in [6.07, 6.45) is 2.38. The van der Waals surface area contributed by atoms with Crippen molar-refractivity contribution in [3.63, 3.8) is 0 Å². The van der Waals surface area contributed by atoms with E-state index < -0.39 is 0 Å². The fourth-order valence-electron chi connectivity index (χ4n) is 4.21. The molecule has 7 heteroatoms. The number of anilines is 3. The van der Waals surface area contributed by atoms with Crippen molar-refractivity contribution < 1.29 is 9.59 Å². The molecule has 0 fully saturated rings. The molecule has 3 aromatic carbocycles. The number of benzene rings is 3. The topological polar surface area (TPSA) is 64.7 Å². The normalized spacial score (nSPS) is 13.9. The molecule has 0 atom stereocenters. The Labute approximate surface area is 217 Å². The lowest BCUT2D eigenvalue weighted by Gasteiger charge is -2.19. The van der Waals surface area contributed by atoms with Gasteiger partial charge in [-0.3, -0.25) is 9.59 Å². The molecule has 3 aromatic rings. The summed E-state index contributed by atoms with van der Waals surface area (Å²) in [5.74, 6) is -0.0886. The van der Waals surface area contributed by atoms with E-state index in [4.69, 9.17) is 11.6 Å². The molecule has 1 aliphatic heterocycles. The maximum absolute atomic E-state index is 13.0. The lowest BCUT2D eigenvalue weighted by atomic mass is 10.00. The molecular weight excluding hydrogens is 472 g/mol. The molecule has 2 N–H and O–H groups in total. The van der Waals surface area contributed by atoms with Crippen LogP contribution in [0.4, 0.5) is 17.1 Å². The van der Waals surface area contributed by atoms with Crippen LogP contribution in [-0.2, 0) is 9.59 Å². The van der Waals surface area contributed by atoms with Gasteiger partial charge in [0.2, 0.25) is 5.91 Å². The van der Waals surface area contributed by atoms with Crippen molar-refractivity contribution in [2.24, 2.45) is 0 Å². The third-order valence-corrected chi connectivity index (χ3v) is 6.42. The standard InChI is InChI=1S/C29H31ClN4O2/c1-33(2)18-8-7-11-26(35)34(3)23-15-13-22(14-16-23)31-28(20-9-5-4-6-10-20)27-24-17-12-21(30)19-25(24)32-29(27)36/h4-6,9-10,12-17,19,31H,7-8,11,18H2,1-3H3,(H,32,36)/b28-27-. The minimum atomic E-state index is -0.185. The van der Waals surface area contributed by atoms with Crippen LogP contribution in [0.2, 0.25) is 5.02 Å². The minimum absolute atomic E-state index is 0.0967. The highest BCUT2D eigenvalue weighted by atomic mass is 35.5. The highest BCUT2D eigenvalue weighted by Crippen LogP contribution is 2.38. The second-order valence-corrected chi connectivity index (χ2v) is 9.58. The van der Waals surface area contributed by atoms with Crippen molar-refractivity contribution in [2.75, 3.05) is 43.2 Å². The number of fused-ring (bicyclic) bond motifs is 1. The van der Waals surface area contributed by atoms with E-state index in [-0.39, 0.29) is 11.8 Å². The number of nitrogens with one attached hydrogen (secondary N) is 2. The quantitative estimate of drug-likeness (QED) is 0.279. The molecule has 4 rings (SSSR count). The summed E-state index contributed by atoms with van der Waals surface area (Å²) in [5.41, 5.74) is 5.28. The fourth-order valence-corrected chi connectivity index (χ4v) is 4.38. The Hall–Kier alpha value is -3.61. The molecule has 0 saturated carbocycles. The molecule has 0 radical (unpaired) electrons. The number of nitrogens with zero attached hydrogens (tertiary/aromatic N) is 2. The van der Waals surface area contributed by atoms with E-state index >= 15 is 0 Å². The van der Waals surface area contributed by atoms with Crippen LogP contribution < -0.4 is 15.5 Å². The van der Waals surface area contributed by atoms with Crippen LogP contribution >= 0.6 is 11.6 Å². The third-order valence-electron chi connectivity index (χ3n) is 6.18.